The second kappa shape index (κ2) is 11.6. The van der Waals surface area contributed by atoms with Gasteiger partial charge in [-0.1, -0.05) is 37.1 Å². The van der Waals surface area contributed by atoms with E-state index in [9.17, 15) is 14.4 Å². The predicted octanol–water partition coefficient (Wildman–Crippen LogP) is 4.16. The molecule has 1 aliphatic rings. The maximum Gasteiger partial charge on any atom is 0.287 e. The molecule has 4 rings (SSSR count). The van der Waals surface area contributed by atoms with Crippen LogP contribution in [0, 0.1) is 6.92 Å². The van der Waals surface area contributed by atoms with Crippen LogP contribution in [-0.2, 0) is 9.59 Å². The number of benzene rings is 2. The first kappa shape index (κ1) is 25.0. The van der Waals surface area contributed by atoms with Gasteiger partial charge >= 0.3 is 0 Å². The summed E-state index contributed by atoms with van der Waals surface area (Å²) < 4.78 is 10.4. The van der Waals surface area contributed by atoms with Crippen LogP contribution in [-0.4, -0.2) is 37.4 Å². The summed E-state index contributed by atoms with van der Waals surface area (Å²) in [5.74, 6) is -0.445. The van der Waals surface area contributed by atoms with Gasteiger partial charge < -0.3 is 19.8 Å². The lowest BCUT2D eigenvalue weighted by atomic mass is 10.0. The molecule has 36 heavy (non-hydrogen) atoms. The fourth-order valence-corrected chi connectivity index (χ4v) is 4.50. The topological polar surface area (TPSA) is 101 Å². The average Bonchev–Trinajstić information content (AvgIpc) is 3.60. The predicted molar refractivity (Wildman–Crippen MR) is 136 cm³/mol. The van der Waals surface area contributed by atoms with Crippen LogP contribution in [0.25, 0.3) is 0 Å². The van der Waals surface area contributed by atoms with Crippen LogP contribution in [0.3, 0.4) is 0 Å². The summed E-state index contributed by atoms with van der Waals surface area (Å²) in [6, 6.07) is 16.8. The minimum absolute atomic E-state index is 0.0753. The third-order valence-electron chi connectivity index (χ3n) is 6.33. The molecule has 0 saturated heterocycles. The second-order valence-electron chi connectivity index (χ2n) is 8.93. The van der Waals surface area contributed by atoms with E-state index in [1.54, 1.807) is 43.5 Å². The van der Waals surface area contributed by atoms with E-state index in [0.29, 0.717) is 17.0 Å². The summed E-state index contributed by atoms with van der Waals surface area (Å²) in [5.41, 5.74) is 2.14. The summed E-state index contributed by atoms with van der Waals surface area (Å²) in [4.78, 5) is 41.3. The summed E-state index contributed by atoms with van der Waals surface area (Å²) >= 11 is 0. The standard InChI is InChI=1S/C28H31N3O5/c1-19-7-5-10-22(17-19)31(25(32)18-29-27(33)24-11-6-16-36-24)26(20-12-14-23(35-2)15-13-20)28(34)30-21-8-3-4-9-21/h5-7,10-17,21,26H,3-4,8-9,18H2,1-2H3,(H,29,33)(H,30,34)/t26-/m0/s1. The van der Waals surface area contributed by atoms with E-state index in [1.165, 1.54) is 17.2 Å². The maximum atomic E-state index is 13.7. The van der Waals surface area contributed by atoms with E-state index in [2.05, 4.69) is 10.6 Å². The average molecular weight is 490 g/mol. The van der Waals surface area contributed by atoms with E-state index >= 15 is 0 Å². The smallest absolute Gasteiger partial charge is 0.287 e. The molecule has 1 aromatic heterocycles. The molecule has 1 aliphatic carbocycles. The van der Waals surface area contributed by atoms with Gasteiger partial charge in [0.05, 0.1) is 19.9 Å². The SMILES string of the molecule is COc1ccc([C@@H](C(=O)NC2CCCC2)N(C(=O)CNC(=O)c2ccco2)c2cccc(C)c2)cc1. The fraction of sp³-hybridized carbons (Fsp3) is 0.321. The van der Waals surface area contributed by atoms with Crippen molar-refractivity contribution in [3.8, 4) is 5.75 Å². The van der Waals surface area contributed by atoms with Crippen LogP contribution in [0.5, 0.6) is 5.75 Å². The summed E-state index contributed by atoms with van der Waals surface area (Å²) in [6.45, 7) is 1.61. The molecule has 0 spiro atoms. The van der Waals surface area contributed by atoms with Crippen molar-refractivity contribution >= 4 is 23.4 Å². The van der Waals surface area contributed by atoms with Crippen molar-refractivity contribution in [1.29, 1.82) is 0 Å². The van der Waals surface area contributed by atoms with Crippen molar-refractivity contribution in [2.45, 2.75) is 44.7 Å². The first-order valence-electron chi connectivity index (χ1n) is 12.1. The van der Waals surface area contributed by atoms with Gasteiger partial charge in [0.25, 0.3) is 5.91 Å². The summed E-state index contributed by atoms with van der Waals surface area (Å²) in [6.07, 6.45) is 5.36. The Balaban J connectivity index is 1.69. The zero-order chi connectivity index (χ0) is 25.5. The Morgan fingerprint density at radius 1 is 1.06 bits per heavy atom. The number of furan rings is 1. The molecule has 2 N–H and O–H groups in total. The molecule has 1 fully saturated rings. The van der Waals surface area contributed by atoms with Gasteiger partial charge in [-0.3, -0.25) is 19.3 Å². The number of hydrogen-bond acceptors (Lipinski definition) is 5. The number of amides is 3. The van der Waals surface area contributed by atoms with Crippen molar-refractivity contribution in [2.24, 2.45) is 0 Å². The van der Waals surface area contributed by atoms with Crippen molar-refractivity contribution in [1.82, 2.24) is 10.6 Å². The quantitative estimate of drug-likeness (QED) is 0.470. The number of hydrogen-bond donors (Lipinski definition) is 2. The van der Waals surface area contributed by atoms with Crippen LogP contribution in [0.1, 0.15) is 53.4 Å². The highest BCUT2D eigenvalue weighted by Gasteiger charge is 2.34. The number of anilines is 1. The Hall–Kier alpha value is -4.07. The van der Waals surface area contributed by atoms with Gasteiger partial charge in [-0.25, -0.2) is 0 Å². The van der Waals surface area contributed by atoms with Crippen molar-refractivity contribution in [3.63, 3.8) is 0 Å². The Morgan fingerprint density at radius 2 is 1.81 bits per heavy atom. The first-order chi connectivity index (χ1) is 17.5. The monoisotopic (exact) mass is 489 g/mol. The number of nitrogens with one attached hydrogen (secondary N) is 2. The lowest BCUT2D eigenvalue weighted by Crippen LogP contribution is -2.49. The molecule has 0 unspecified atom stereocenters. The minimum Gasteiger partial charge on any atom is -0.497 e. The molecule has 3 aromatic rings. The van der Waals surface area contributed by atoms with Gasteiger partial charge in [-0.15, -0.1) is 0 Å². The van der Waals surface area contributed by atoms with Gasteiger partial charge in [0.1, 0.15) is 11.8 Å². The Morgan fingerprint density at radius 3 is 2.44 bits per heavy atom. The number of carbonyl (C=O) groups is 3. The molecule has 1 atom stereocenters. The van der Waals surface area contributed by atoms with Crippen LogP contribution in [0.15, 0.2) is 71.3 Å². The van der Waals surface area contributed by atoms with Gasteiger partial charge in [0.15, 0.2) is 5.76 Å². The molecule has 0 radical (unpaired) electrons. The molecule has 0 bridgehead atoms. The minimum atomic E-state index is -0.939. The zero-order valence-corrected chi connectivity index (χ0v) is 20.5. The molecular weight excluding hydrogens is 458 g/mol. The molecule has 8 heteroatoms. The molecular formula is C28H31N3O5. The molecule has 3 amide bonds. The molecule has 8 nitrogen and oxygen atoms in total. The van der Waals surface area contributed by atoms with Gasteiger partial charge in [0, 0.05) is 11.7 Å². The van der Waals surface area contributed by atoms with Crippen molar-refractivity contribution < 1.29 is 23.5 Å². The van der Waals surface area contributed by atoms with Crippen molar-refractivity contribution in [2.75, 3.05) is 18.6 Å². The Bertz CT molecular complexity index is 1180. The first-order valence-corrected chi connectivity index (χ1v) is 12.1. The van der Waals surface area contributed by atoms with Crippen LogP contribution in [0.4, 0.5) is 5.69 Å². The largest absolute Gasteiger partial charge is 0.497 e. The molecule has 1 heterocycles. The lowest BCUT2D eigenvalue weighted by Gasteiger charge is -2.32. The highest BCUT2D eigenvalue weighted by molar-refractivity contribution is 6.04. The zero-order valence-electron chi connectivity index (χ0n) is 20.5. The highest BCUT2D eigenvalue weighted by atomic mass is 16.5. The molecule has 188 valence electrons. The molecule has 2 aromatic carbocycles. The summed E-state index contributed by atoms with van der Waals surface area (Å²) in [7, 11) is 1.57. The number of aryl methyl sites for hydroxylation is 1. The number of nitrogens with zero attached hydrogens (tertiary/aromatic N) is 1. The number of rotatable bonds is 9. The van der Waals surface area contributed by atoms with E-state index in [0.717, 1.165) is 31.2 Å². The van der Waals surface area contributed by atoms with E-state index in [1.807, 2.05) is 25.1 Å². The Labute approximate surface area is 210 Å². The third-order valence-corrected chi connectivity index (χ3v) is 6.33. The molecule has 1 saturated carbocycles. The van der Waals surface area contributed by atoms with Crippen molar-refractivity contribution in [3.05, 3.63) is 83.8 Å². The van der Waals surface area contributed by atoms with Crippen LogP contribution < -0.4 is 20.3 Å². The van der Waals surface area contributed by atoms with Crippen LogP contribution in [0.2, 0.25) is 0 Å². The molecule has 0 aliphatic heterocycles. The maximum absolute atomic E-state index is 13.7. The van der Waals surface area contributed by atoms with Gasteiger partial charge in [-0.2, -0.15) is 0 Å². The fourth-order valence-electron chi connectivity index (χ4n) is 4.50. The van der Waals surface area contributed by atoms with E-state index in [-0.39, 0.29) is 24.3 Å². The third kappa shape index (κ3) is 5.94. The highest BCUT2D eigenvalue weighted by Crippen LogP contribution is 2.31. The normalized spacial score (nSPS) is 14.2. The van der Waals surface area contributed by atoms with Gasteiger partial charge in [0.2, 0.25) is 11.8 Å². The van der Waals surface area contributed by atoms with E-state index in [4.69, 9.17) is 9.15 Å². The number of carbonyl (C=O) groups excluding carboxylic acids is 3. The van der Waals surface area contributed by atoms with Crippen LogP contribution >= 0.6 is 0 Å². The second-order valence-corrected chi connectivity index (χ2v) is 8.93. The van der Waals surface area contributed by atoms with Gasteiger partial charge in [-0.05, 0) is 67.3 Å². The summed E-state index contributed by atoms with van der Waals surface area (Å²) in [5, 5.41) is 5.76. The lowest BCUT2D eigenvalue weighted by molar-refractivity contribution is -0.126. The van der Waals surface area contributed by atoms with E-state index < -0.39 is 17.9 Å². The number of ether oxygens (including phenoxy) is 1. The number of methoxy groups -OCH3 is 1. The Kier molecular flexibility index (Phi) is 8.05.